The van der Waals surface area contributed by atoms with Crippen LogP contribution in [0.4, 0.5) is 0 Å². The Hall–Kier alpha value is -3.16. The van der Waals surface area contributed by atoms with E-state index >= 15 is 0 Å². The highest BCUT2D eigenvalue weighted by molar-refractivity contribution is 5.77. The molecule has 3 rings (SSSR count). The summed E-state index contributed by atoms with van der Waals surface area (Å²) >= 11 is 0. The lowest BCUT2D eigenvalue weighted by atomic mass is 9.97. The molecule has 1 atom stereocenters. The molecule has 0 saturated heterocycles. The number of aromatic nitrogens is 4. The molecule has 2 heterocycles. The monoisotopic (exact) mass is 383 g/mol. The Morgan fingerprint density at radius 1 is 1.14 bits per heavy atom. The quantitative estimate of drug-likeness (QED) is 0.695. The second-order valence-corrected chi connectivity index (χ2v) is 7.42. The van der Waals surface area contributed by atoms with Gasteiger partial charge in [0.05, 0.1) is 12.4 Å². The zero-order chi connectivity index (χ0) is 20.4. The Bertz CT molecular complexity index is 1110. The first-order valence-corrected chi connectivity index (χ1v) is 9.24. The van der Waals surface area contributed by atoms with Crippen LogP contribution in [-0.4, -0.2) is 24.6 Å². The van der Waals surface area contributed by atoms with Crippen LogP contribution in [0.1, 0.15) is 31.9 Å². The number of nitrogens with one attached hydrogen (secondary N) is 1. The van der Waals surface area contributed by atoms with E-state index in [1.165, 1.54) is 17.9 Å². The van der Waals surface area contributed by atoms with Crippen LogP contribution in [0, 0.1) is 5.92 Å². The zero-order valence-electron chi connectivity index (χ0n) is 16.5. The number of rotatable bonds is 6. The average molecular weight is 383 g/mol. The molecule has 0 radical (unpaired) electrons. The molecule has 0 spiro atoms. The highest BCUT2D eigenvalue weighted by Gasteiger charge is 2.20. The van der Waals surface area contributed by atoms with Gasteiger partial charge < -0.3 is 9.88 Å². The Kier molecular flexibility index (Phi) is 5.48. The number of benzene rings is 1. The second kappa shape index (κ2) is 7.84. The Morgan fingerprint density at radius 2 is 1.82 bits per heavy atom. The summed E-state index contributed by atoms with van der Waals surface area (Å²) in [5.41, 5.74) is 0.500. The number of carbonyl (C=O) groups is 1. The molecule has 0 saturated carbocycles. The molecule has 28 heavy (non-hydrogen) atoms. The van der Waals surface area contributed by atoms with Crippen molar-refractivity contribution in [3.63, 3.8) is 0 Å². The maximum atomic E-state index is 12.8. The maximum Gasteiger partial charge on any atom is 0.332 e. The minimum absolute atomic E-state index is 0.186. The van der Waals surface area contributed by atoms with Crippen molar-refractivity contribution in [2.75, 3.05) is 0 Å². The van der Waals surface area contributed by atoms with Crippen molar-refractivity contribution >= 4 is 17.1 Å². The molecule has 0 aliphatic rings. The summed E-state index contributed by atoms with van der Waals surface area (Å²) in [7, 11) is 3.22. The smallest absolute Gasteiger partial charge is 0.332 e. The maximum absolute atomic E-state index is 12.8. The van der Waals surface area contributed by atoms with E-state index in [2.05, 4.69) is 24.1 Å². The second-order valence-electron chi connectivity index (χ2n) is 7.42. The molecule has 2 aromatic heterocycles. The summed E-state index contributed by atoms with van der Waals surface area (Å²) in [4.78, 5) is 42.1. The lowest BCUT2D eigenvalue weighted by molar-refractivity contribution is -0.122. The molecular weight excluding hydrogens is 358 g/mol. The number of hydrogen-bond acceptors (Lipinski definition) is 4. The van der Waals surface area contributed by atoms with Crippen LogP contribution in [-0.2, 0) is 25.4 Å². The first-order valence-electron chi connectivity index (χ1n) is 9.24. The Balaban J connectivity index is 1.91. The molecule has 8 nitrogen and oxygen atoms in total. The third-order valence-corrected chi connectivity index (χ3v) is 4.75. The van der Waals surface area contributed by atoms with Gasteiger partial charge in [-0.2, -0.15) is 0 Å². The summed E-state index contributed by atoms with van der Waals surface area (Å²) in [5.74, 6) is -0.0119. The first kappa shape index (κ1) is 19.6. The van der Waals surface area contributed by atoms with Gasteiger partial charge in [-0.15, -0.1) is 0 Å². The van der Waals surface area contributed by atoms with Crippen molar-refractivity contribution in [1.82, 2.24) is 24.0 Å². The summed E-state index contributed by atoms with van der Waals surface area (Å²) in [6.45, 7) is 3.82. The lowest BCUT2D eigenvalue weighted by Crippen LogP contribution is -2.44. The van der Waals surface area contributed by atoms with Crippen LogP contribution in [0.2, 0.25) is 0 Å². The summed E-state index contributed by atoms with van der Waals surface area (Å²) in [6.07, 6.45) is 2.23. The Labute approximate surface area is 162 Å². The molecule has 148 valence electrons. The molecule has 1 aromatic carbocycles. The van der Waals surface area contributed by atoms with Crippen molar-refractivity contribution in [3.8, 4) is 0 Å². The van der Waals surface area contributed by atoms with E-state index < -0.39 is 11.2 Å². The molecule has 0 bridgehead atoms. The van der Waals surface area contributed by atoms with E-state index in [1.807, 2.05) is 30.3 Å². The number of imidazole rings is 1. The lowest BCUT2D eigenvalue weighted by Gasteiger charge is -2.21. The SMILES string of the molecule is CC(C)CC(NC(=O)Cn1c(=O)c2c(ncn2C)n(C)c1=O)c1ccccc1. The molecule has 8 heteroatoms. The zero-order valence-corrected chi connectivity index (χ0v) is 16.5. The van der Waals surface area contributed by atoms with Gasteiger partial charge in [0.2, 0.25) is 5.91 Å². The van der Waals surface area contributed by atoms with Crippen molar-refractivity contribution in [2.24, 2.45) is 20.0 Å². The van der Waals surface area contributed by atoms with Crippen molar-refractivity contribution in [2.45, 2.75) is 32.9 Å². The number of nitrogens with zero attached hydrogens (tertiary/aromatic N) is 4. The molecule has 3 aromatic rings. The average Bonchev–Trinajstić information content (AvgIpc) is 3.05. The molecule has 1 amide bonds. The third kappa shape index (κ3) is 3.76. The van der Waals surface area contributed by atoms with Gasteiger partial charge in [-0.05, 0) is 17.9 Å². The topological polar surface area (TPSA) is 90.9 Å². The number of aryl methyl sites for hydroxylation is 2. The van der Waals surface area contributed by atoms with Gasteiger partial charge in [-0.25, -0.2) is 14.3 Å². The van der Waals surface area contributed by atoms with Crippen LogP contribution >= 0.6 is 0 Å². The predicted molar refractivity (Wildman–Crippen MR) is 107 cm³/mol. The fraction of sp³-hybridized carbons (Fsp3) is 0.400. The molecule has 1 unspecified atom stereocenters. The molecular formula is C20H25N5O3. The van der Waals surface area contributed by atoms with E-state index in [9.17, 15) is 14.4 Å². The fourth-order valence-electron chi connectivity index (χ4n) is 3.35. The van der Waals surface area contributed by atoms with Crippen molar-refractivity contribution in [3.05, 3.63) is 63.1 Å². The van der Waals surface area contributed by atoms with E-state index in [4.69, 9.17) is 0 Å². The normalized spacial score (nSPS) is 12.5. The summed E-state index contributed by atoms with van der Waals surface area (Å²) < 4.78 is 3.79. The molecule has 1 N–H and O–H groups in total. The number of carbonyl (C=O) groups excluding carboxylic acids is 1. The van der Waals surface area contributed by atoms with E-state index in [1.54, 1.807) is 11.6 Å². The minimum Gasteiger partial charge on any atom is -0.348 e. The van der Waals surface area contributed by atoms with E-state index in [0.29, 0.717) is 11.6 Å². The van der Waals surface area contributed by atoms with Crippen LogP contribution in [0.5, 0.6) is 0 Å². The van der Waals surface area contributed by atoms with Gasteiger partial charge in [0.15, 0.2) is 11.2 Å². The fourth-order valence-corrected chi connectivity index (χ4v) is 3.35. The predicted octanol–water partition coefficient (Wildman–Crippen LogP) is 1.34. The largest absolute Gasteiger partial charge is 0.348 e. The number of hydrogen-bond donors (Lipinski definition) is 1. The minimum atomic E-state index is -0.563. The van der Waals surface area contributed by atoms with Crippen LogP contribution < -0.4 is 16.6 Å². The van der Waals surface area contributed by atoms with Gasteiger partial charge in [0, 0.05) is 14.1 Å². The number of amides is 1. The van der Waals surface area contributed by atoms with Crippen molar-refractivity contribution < 1.29 is 4.79 Å². The molecule has 0 aliphatic heterocycles. The van der Waals surface area contributed by atoms with Gasteiger partial charge >= 0.3 is 5.69 Å². The highest BCUT2D eigenvalue weighted by Crippen LogP contribution is 2.21. The summed E-state index contributed by atoms with van der Waals surface area (Å²) in [6, 6.07) is 9.50. The van der Waals surface area contributed by atoms with Crippen molar-refractivity contribution in [1.29, 1.82) is 0 Å². The first-order chi connectivity index (χ1) is 13.3. The number of fused-ring (bicyclic) bond motifs is 1. The van der Waals surface area contributed by atoms with E-state index in [-0.39, 0.29) is 24.0 Å². The van der Waals surface area contributed by atoms with Gasteiger partial charge in [-0.1, -0.05) is 44.2 Å². The Morgan fingerprint density at radius 3 is 2.46 bits per heavy atom. The van der Waals surface area contributed by atoms with Gasteiger partial charge in [0.25, 0.3) is 5.56 Å². The molecule has 0 fully saturated rings. The third-order valence-electron chi connectivity index (χ3n) is 4.75. The van der Waals surface area contributed by atoms with Gasteiger partial charge in [-0.3, -0.25) is 14.2 Å². The van der Waals surface area contributed by atoms with Crippen LogP contribution in [0.15, 0.2) is 46.2 Å². The van der Waals surface area contributed by atoms with Crippen LogP contribution in [0.3, 0.4) is 0 Å². The van der Waals surface area contributed by atoms with Gasteiger partial charge in [0.1, 0.15) is 6.54 Å². The standard InChI is InChI=1S/C20H25N5O3/c1-13(2)10-15(14-8-6-5-7-9-14)22-16(26)11-25-19(27)17-18(21-12-23(17)3)24(4)20(25)28/h5-9,12-13,15H,10-11H2,1-4H3,(H,22,26). The highest BCUT2D eigenvalue weighted by atomic mass is 16.2. The molecule has 0 aliphatic carbocycles. The van der Waals surface area contributed by atoms with E-state index in [0.717, 1.165) is 16.6 Å². The summed E-state index contributed by atoms with van der Waals surface area (Å²) in [5, 5.41) is 2.97. The van der Waals surface area contributed by atoms with Crippen LogP contribution in [0.25, 0.3) is 11.2 Å².